The number of fused-ring (bicyclic) bond motifs is 2. The Morgan fingerprint density at radius 1 is 0.889 bits per heavy atom. The molecule has 0 spiro atoms. The predicted molar refractivity (Wildman–Crippen MR) is 79.4 cm³/mol. The lowest BCUT2D eigenvalue weighted by atomic mass is 10.2. The second-order valence-electron chi connectivity index (χ2n) is 4.23. The summed E-state index contributed by atoms with van der Waals surface area (Å²) in [5.41, 5.74) is 2.60. The second kappa shape index (κ2) is 5.25. The molecule has 0 fully saturated rings. The first-order chi connectivity index (χ1) is 8.90. The van der Waals surface area contributed by atoms with E-state index in [0.717, 1.165) is 13.0 Å². The Kier molecular flexibility index (Phi) is 3.48. The standard InChI is InChI=1S/C15H14ClNS/c16-10-5-11-17-12-6-1-3-8-14(12)18-15-9-4-2-7-13(15)17/h1-4,6-9H,5,10-11H2. The van der Waals surface area contributed by atoms with Gasteiger partial charge in [-0.15, -0.1) is 11.6 Å². The number of hydrogen-bond donors (Lipinski definition) is 0. The van der Waals surface area contributed by atoms with Gasteiger partial charge in [0.1, 0.15) is 0 Å². The van der Waals surface area contributed by atoms with Crippen molar-refractivity contribution in [2.24, 2.45) is 0 Å². The van der Waals surface area contributed by atoms with Crippen molar-refractivity contribution in [1.82, 2.24) is 0 Å². The van der Waals surface area contributed by atoms with Gasteiger partial charge in [-0.3, -0.25) is 0 Å². The average molecular weight is 276 g/mol. The molecular weight excluding hydrogens is 262 g/mol. The lowest BCUT2D eigenvalue weighted by Gasteiger charge is -2.32. The highest BCUT2D eigenvalue weighted by Crippen LogP contribution is 2.47. The molecule has 0 aromatic heterocycles. The normalized spacial score (nSPS) is 13.1. The molecule has 3 rings (SSSR count). The van der Waals surface area contributed by atoms with Gasteiger partial charge >= 0.3 is 0 Å². The smallest absolute Gasteiger partial charge is 0.0552 e. The van der Waals surface area contributed by atoms with Crippen LogP contribution in [0.15, 0.2) is 58.3 Å². The number of alkyl halides is 1. The molecule has 0 bridgehead atoms. The number of benzene rings is 2. The van der Waals surface area contributed by atoms with Crippen LogP contribution in [0.3, 0.4) is 0 Å². The van der Waals surface area contributed by atoms with Crippen LogP contribution in [0.2, 0.25) is 0 Å². The fourth-order valence-corrected chi connectivity index (χ4v) is 3.46. The van der Waals surface area contributed by atoms with E-state index in [1.165, 1.54) is 21.2 Å². The highest BCUT2D eigenvalue weighted by molar-refractivity contribution is 7.99. The van der Waals surface area contributed by atoms with Crippen molar-refractivity contribution >= 4 is 34.7 Å². The first-order valence-electron chi connectivity index (χ1n) is 6.09. The molecule has 1 nitrogen and oxygen atoms in total. The lowest BCUT2D eigenvalue weighted by Crippen LogP contribution is -2.22. The molecule has 0 atom stereocenters. The maximum atomic E-state index is 5.84. The monoisotopic (exact) mass is 275 g/mol. The summed E-state index contributed by atoms with van der Waals surface area (Å²) < 4.78 is 0. The molecule has 0 amide bonds. The Morgan fingerprint density at radius 2 is 1.44 bits per heavy atom. The lowest BCUT2D eigenvalue weighted by molar-refractivity contribution is 0.871. The van der Waals surface area contributed by atoms with Crippen molar-refractivity contribution in [1.29, 1.82) is 0 Å². The number of rotatable bonds is 3. The summed E-state index contributed by atoms with van der Waals surface area (Å²) in [5, 5.41) is 0. The number of anilines is 2. The zero-order valence-electron chi connectivity index (χ0n) is 9.97. The van der Waals surface area contributed by atoms with Gasteiger partial charge in [-0.05, 0) is 30.7 Å². The average Bonchev–Trinajstić information content (AvgIpc) is 2.43. The Morgan fingerprint density at radius 3 is 2.00 bits per heavy atom. The number of hydrogen-bond acceptors (Lipinski definition) is 2. The highest BCUT2D eigenvalue weighted by Gasteiger charge is 2.21. The molecule has 1 aliphatic rings. The summed E-state index contributed by atoms with van der Waals surface area (Å²) in [5.74, 6) is 0.702. The minimum absolute atomic E-state index is 0.702. The van der Waals surface area contributed by atoms with Crippen LogP contribution in [0.5, 0.6) is 0 Å². The Hall–Kier alpha value is -1.12. The van der Waals surface area contributed by atoms with Crippen LogP contribution < -0.4 is 4.90 Å². The van der Waals surface area contributed by atoms with E-state index in [9.17, 15) is 0 Å². The van der Waals surface area contributed by atoms with Crippen LogP contribution in [0.4, 0.5) is 11.4 Å². The first kappa shape index (κ1) is 11.9. The van der Waals surface area contributed by atoms with Gasteiger partial charge in [0, 0.05) is 22.2 Å². The van der Waals surface area contributed by atoms with Crippen molar-refractivity contribution < 1.29 is 0 Å². The largest absolute Gasteiger partial charge is 0.340 e. The van der Waals surface area contributed by atoms with Gasteiger partial charge in [-0.1, -0.05) is 36.0 Å². The van der Waals surface area contributed by atoms with Gasteiger partial charge in [0.25, 0.3) is 0 Å². The summed E-state index contributed by atoms with van der Waals surface area (Å²) in [7, 11) is 0. The van der Waals surface area contributed by atoms with Crippen molar-refractivity contribution in [2.45, 2.75) is 16.2 Å². The van der Waals surface area contributed by atoms with Crippen LogP contribution in [0.1, 0.15) is 6.42 Å². The van der Waals surface area contributed by atoms with Crippen LogP contribution >= 0.6 is 23.4 Å². The van der Waals surface area contributed by atoms with E-state index in [4.69, 9.17) is 11.6 Å². The molecular formula is C15H14ClNS. The maximum Gasteiger partial charge on any atom is 0.0552 e. The van der Waals surface area contributed by atoms with Crippen molar-refractivity contribution in [2.75, 3.05) is 17.3 Å². The molecule has 0 N–H and O–H groups in total. The fraction of sp³-hybridized carbons (Fsp3) is 0.200. The van der Waals surface area contributed by atoms with E-state index in [1.807, 2.05) is 11.8 Å². The minimum Gasteiger partial charge on any atom is -0.340 e. The van der Waals surface area contributed by atoms with Crippen LogP contribution in [-0.2, 0) is 0 Å². The summed E-state index contributed by atoms with van der Waals surface area (Å²) in [6.07, 6.45) is 0.995. The van der Waals surface area contributed by atoms with E-state index >= 15 is 0 Å². The Labute approximate surface area is 117 Å². The van der Waals surface area contributed by atoms with Crippen LogP contribution in [0.25, 0.3) is 0 Å². The van der Waals surface area contributed by atoms with Gasteiger partial charge in [-0.25, -0.2) is 0 Å². The molecule has 0 unspecified atom stereocenters. The highest BCUT2D eigenvalue weighted by atomic mass is 35.5. The first-order valence-corrected chi connectivity index (χ1v) is 7.44. The zero-order chi connectivity index (χ0) is 12.4. The molecule has 2 aromatic carbocycles. The number of para-hydroxylation sites is 2. The Balaban J connectivity index is 2.05. The van der Waals surface area contributed by atoms with Crippen molar-refractivity contribution in [3.8, 4) is 0 Å². The molecule has 1 heterocycles. The molecule has 0 radical (unpaired) electrons. The summed E-state index contributed by atoms with van der Waals surface area (Å²) in [6, 6.07) is 17.1. The van der Waals surface area contributed by atoms with Crippen LogP contribution in [-0.4, -0.2) is 12.4 Å². The quantitative estimate of drug-likeness (QED) is 0.732. The minimum atomic E-state index is 0.702. The topological polar surface area (TPSA) is 3.24 Å². The fourth-order valence-electron chi connectivity index (χ4n) is 2.24. The third kappa shape index (κ3) is 2.11. The van der Waals surface area contributed by atoms with E-state index in [2.05, 4.69) is 53.4 Å². The van der Waals surface area contributed by atoms with Gasteiger partial charge in [0.15, 0.2) is 0 Å². The molecule has 1 aliphatic heterocycles. The van der Waals surface area contributed by atoms with Crippen LogP contribution in [0, 0.1) is 0 Å². The van der Waals surface area contributed by atoms with Gasteiger partial charge < -0.3 is 4.90 Å². The third-order valence-corrected chi connectivity index (χ3v) is 4.44. The molecule has 18 heavy (non-hydrogen) atoms. The van der Waals surface area contributed by atoms with Crippen molar-refractivity contribution in [3.05, 3.63) is 48.5 Å². The SMILES string of the molecule is ClCCCN1c2ccccc2Sc2ccccc21. The number of nitrogens with zero attached hydrogens (tertiary/aromatic N) is 1. The molecule has 3 heteroatoms. The molecule has 92 valence electrons. The summed E-state index contributed by atoms with van der Waals surface area (Å²) >= 11 is 7.69. The maximum absolute atomic E-state index is 5.84. The molecule has 0 saturated carbocycles. The zero-order valence-corrected chi connectivity index (χ0v) is 11.5. The van der Waals surface area contributed by atoms with Crippen molar-refractivity contribution in [3.63, 3.8) is 0 Å². The third-order valence-electron chi connectivity index (χ3n) is 3.05. The van der Waals surface area contributed by atoms with E-state index in [0.29, 0.717) is 5.88 Å². The predicted octanol–water partition coefficient (Wildman–Crippen LogP) is 4.92. The number of halogens is 1. The van der Waals surface area contributed by atoms with E-state index < -0.39 is 0 Å². The summed E-state index contributed by atoms with van der Waals surface area (Å²) in [4.78, 5) is 5.03. The van der Waals surface area contributed by atoms with E-state index in [-0.39, 0.29) is 0 Å². The van der Waals surface area contributed by atoms with E-state index in [1.54, 1.807) is 0 Å². The van der Waals surface area contributed by atoms with Gasteiger partial charge in [0.05, 0.1) is 11.4 Å². The molecule has 2 aromatic rings. The van der Waals surface area contributed by atoms with Gasteiger partial charge in [0.2, 0.25) is 0 Å². The molecule has 0 saturated heterocycles. The summed E-state index contributed by atoms with van der Waals surface area (Å²) in [6.45, 7) is 0.970. The van der Waals surface area contributed by atoms with Gasteiger partial charge in [-0.2, -0.15) is 0 Å². The molecule has 0 aliphatic carbocycles. The Bertz CT molecular complexity index is 510. The second-order valence-corrected chi connectivity index (χ2v) is 5.69.